The Bertz CT molecular complexity index is 616. The van der Waals surface area contributed by atoms with Crippen molar-refractivity contribution in [1.82, 2.24) is 19.5 Å². The number of carbonyl (C=O) groups is 1. The third-order valence-electron chi connectivity index (χ3n) is 3.70. The van der Waals surface area contributed by atoms with E-state index < -0.39 is 0 Å². The fraction of sp³-hybridized carbons (Fsp3) is 0.429. The summed E-state index contributed by atoms with van der Waals surface area (Å²) in [5, 5.41) is 2.88. The van der Waals surface area contributed by atoms with Crippen LogP contribution < -0.4 is 5.32 Å². The molecular weight excluding hydrogens is 254 g/mol. The van der Waals surface area contributed by atoms with Gasteiger partial charge in [0, 0.05) is 24.4 Å². The first-order chi connectivity index (χ1) is 9.74. The van der Waals surface area contributed by atoms with Gasteiger partial charge in [0.25, 0.3) is 0 Å². The van der Waals surface area contributed by atoms with Gasteiger partial charge >= 0.3 is 0 Å². The third-order valence-corrected chi connectivity index (χ3v) is 3.70. The number of aryl methyl sites for hydroxylation is 1. The lowest BCUT2D eigenvalue weighted by atomic mass is 10.1. The van der Waals surface area contributed by atoms with E-state index in [0.717, 1.165) is 31.5 Å². The van der Waals surface area contributed by atoms with Crippen molar-refractivity contribution in [3.05, 3.63) is 30.6 Å². The summed E-state index contributed by atoms with van der Waals surface area (Å²) in [5.74, 6) is 2.28. The monoisotopic (exact) mass is 271 g/mol. The maximum absolute atomic E-state index is 12.1. The molecule has 104 valence electrons. The van der Waals surface area contributed by atoms with Gasteiger partial charge in [-0.25, -0.2) is 15.0 Å². The van der Waals surface area contributed by atoms with Gasteiger partial charge in [0.15, 0.2) is 0 Å². The van der Waals surface area contributed by atoms with Crippen molar-refractivity contribution in [3.63, 3.8) is 0 Å². The van der Waals surface area contributed by atoms with E-state index in [1.165, 1.54) is 6.33 Å². The average Bonchev–Trinajstić information content (AvgIpc) is 3.10. The summed E-state index contributed by atoms with van der Waals surface area (Å²) in [5.41, 5.74) is 0. The summed E-state index contributed by atoms with van der Waals surface area (Å²) in [7, 11) is 0. The highest BCUT2D eigenvalue weighted by Crippen LogP contribution is 2.25. The quantitative estimate of drug-likeness (QED) is 0.927. The number of nitrogens with one attached hydrogen (secondary N) is 1. The van der Waals surface area contributed by atoms with E-state index in [4.69, 9.17) is 0 Å². The van der Waals surface area contributed by atoms with Crippen LogP contribution in [0.3, 0.4) is 0 Å². The van der Waals surface area contributed by atoms with Crippen LogP contribution in [0.2, 0.25) is 0 Å². The van der Waals surface area contributed by atoms with Gasteiger partial charge in [0.2, 0.25) is 5.91 Å². The van der Waals surface area contributed by atoms with Crippen LogP contribution in [0, 0.1) is 12.8 Å². The Morgan fingerprint density at radius 2 is 2.10 bits per heavy atom. The zero-order chi connectivity index (χ0) is 13.9. The minimum Gasteiger partial charge on any atom is -0.310 e. The Morgan fingerprint density at radius 1 is 1.30 bits per heavy atom. The zero-order valence-corrected chi connectivity index (χ0v) is 11.4. The molecule has 3 rings (SSSR count). The molecule has 6 nitrogen and oxygen atoms in total. The molecule has 1 amide bonds. The lowest BCUT2D eigenvalue weighted by Crippen LogP contribution is -2.21. The number of hydrogen-bond acceptors (Lipinski definition) is 4. The van der Waals surface area contributed by atoms with Crippen LogP contribution in [-0.2, 0) is 4.79 Å². The topological polar surface area (TPSA) is 72.7 Å². The van der Waals surface area contributed by atoms with Crippen molar-refractivity contribution in [1.29, 1.82) is 0 Å². The summed E-state index contributed by atoms with van der Waals surface area (Å²) in [6.07, 6.45) is 9.24. The molecule has 0 bridgehead atoms. The number of amides is 1. The zero-order valence-electron chi connectivity index (χ0n) is 11.4. The van der Waals surface area contributed by atoms with Crippen molar-refractivity contribution in [2.45, 2.75) is 32.6 Å². The summed E-state index contributed by atoms with van der Waals surface area (Å²) in [4.78, 5) is 24.6. The van der Waals surface area contributed by atoms with Crippen LogP contribution >= 0.6 is 0 Å². The van der Waals surface area contributed by atoms with Crippen LogP contribution in [0.25, 0.3) is 5.82 Å². The highest BCUT2D eigenvalue weighted by Gasteiger charge is 2.23. The number of carbonyl (C=O) groups excluding carboxylic acids is 1. The van der Waals surface area contributed by atoms with Crippen molar-refractivity contribution < 1.29 is 4.79 Å². The Labute approximate surface area is 117 Å². The van der Waals surface area contributed by atoms with Crippen molar-refractivity contribution in [2.24, 2.45) is 5.92 Å². The molecule has 0 saturated heterocycles. The van der Waals surface area contributed by atoms with E-state index in [0.29, 0.717) is 11.6 Å². The maximum atomic E-state index is 12.1. The number of anilines is 1. The van der Waals surface area contributed by atoms with E-state index in [1.807, 2.05) is 17.7 Å². The Balaban J connectivity index is 1.78. The van der Waals surface area contributed by atoms with Crippen molar-refractivity contribution >= 4 is 11.7 Å². The standard InChI is InChI=1S/C14H17N5O/c1-10-15-6-7-19(10)13-8-12(16-9-17-13)18-14(20)11-4-2-3-5-11/h6-9,11H,2-5H2,1H3,(H,16,17,18,20). The Hall–Kier alpha value is -2.24. The fourth-order valence-corrected chi connectivity index (χ4v) is 2.58. The summed E-state index contributed by atoms with van der Waals surface area (Å²) < 4.78 is 1.85. The molecule has 0 unspecified atom stereocenters. The second-order valence-corrected chi connectivity index (χ2v) is 5.08. The predicted octanol–water partition coefficient (Wildman–Crippen LogP) is 2.10. The Kier molecular flexibility index (Phi) is 3.45. The molecule has 0 radical (unpaired) electrons. The molecule has 0 atom stereocenters. The molecule has 2 aromatic heterocycles. The van der Waals surface area contributed by atoms with Crippen LogP contribution in [0.15, 0.2) is 24.8 Å². The average molecular weight is 271 g/mol. The van der Waals surface area contributed by atoms with Crippen LogP contribution in [0.5, 0.6) is 0 Å². The number of hydrogen-bond donors (Lipinski definition) is 1. The number of nitrogens with zero attached hydrogens (tertiary/aromatic N) is 4. The van der Waals surface area contributed by atoms with E-state index >= 15 is 0 Å². The molecule has 0 spiro atoms. The number of imidazole rings is 1. The molecule has 1 aliphatic carbocycles. The first kappa shape index (κ1) is 12.8. The SMILES string of the molecule is Cc1nccn1-c1cc(NC(=O)C2CCCC2)ncn1. The van der Waals surface area contributed by atoms with E-state index in [-0.39, 0.29) is 11.8 Å². The number of rotatable bonds is 3. The molecule has 0 aromatic carbocycles. The van der Waals surface area contributed by atoms with Gasteiger partial charge in [-0.2, -0.15) is 0 Å². The molecular formula is C14H17N5O. The molecule has 0 aliphatic heterocycles. The normalized spacial score (nSPS) is 15.4. The van der Waals surface area contributed by atoms with Gasteiger partial charge in [-0.05, 0) is 19.8 Å². The summed E-state index contributed by atoms with van der Waals surface area (Å²) in [6.45, 7) is 1.90. The minimum atomic E-state index is 0.0644. The molecule has 2 aromatic rings. The van der Waals surface area contributed by atoms with Gasteiger partial charge < -0.3 is 5.32 Å². The smallest absolute Gasteiger partial charge is 0.228 e. The third kappa shape index (κ3) is 2.54. The molecule has 1 aliphatic rings. The van der Waals surface area contributed by atoms with Gasteiger partial charge in [-0.3, -0.25) is 9.36 Å². The number of aromatic nitrogens is 4. The second-order valence-electron chi connectivity index (χ2n) is 5.08. The van der Waals surface area contributed by atoms with Crippen molar-refractivity contribution in [2.75, 3.05) is 5.32 Å². The molecule has 1 fully saturated rings. The molecule has 1 saturated carbocycles. The van der Waals surface area contributed by atoms with Crippen LogP contribution in [0.1, 0.15) is 31.5 Å². The maximum Gasteiger partial charge on any atom is 0.228 e. The first-order valence-electron chi connectivity index (χ1n) is 6.87. The first-order valence-corrected chi connectivity index (χ1v) is 6.87. The highest BCUT2D eigenvalue weighted by molar-refractivity contribution is 5.91. The van der Waals surface area contributed by atoms with E-state index in [1.54, 1.807) is 12.3 Å². The lowest BCUT2D eigenvalue weighted by molar-refractivity contribution is -0.119. The summed E-state index contributed by atoms with van der Waals surface area (Å²) >= 11 is 0. The van der Waals surface area contributed by atoms with Crippen molar-refractivity contribution in [3.8, 4) is 5.82 Å². The lowest BCUT2D eigenvalue weighted by Gasteiger charge is -2.10. The van der Waals surface area contributed by atoms with Gasteiger partial charge in [-0.15, -0.1) is 0 Å². The van der Waals surface area contributed by atoms with Crippen LogP contribution in [0.4, 0.5) is 5.82 Å². The van der Waals surface area contributed by atoms with Crippen LogP contribution in [-0.4, -0.2) is 25.4 Å². The highest BCUT2D eigenvalue weighted by atomic mass is 16.1. The van der Waals surface area contributed by atoms with Gasteiger partial charge in [-0.1, -0.05) is 12.8 Å². The fourth-order valence-electron chi connectivity index (χ4n) is 2.58. The predicted molar refractivity (Wildman–Crippen MR) is 74.5 cm³/mol. The molecule has 6 heteroatoms. The van der Waals surface area contributed by atoms with E-state index in [9.17, 15) is 4.79 Å². The molecule has 1 N–H and O–H groups in total. The van der Waals surface area contributed by atoms with E-state index in [2.05, 4.69) is 20.3 Å². The second kappa shape index (κ2) is 5.40. The van der Waals surface area contributed by atoms with Gasteiger partial charge in [0.05, 0.1) is 0 Å². The summed E-state index contributed by atoms with van der Waals surface area (Å²) in [6, 6.07) is 1.77. The van der Waals surface area contributed by atoms with Gasteiger partial charge in [0.1, 0.15) is 23.8 Å². The molecule has 20 heavy (non-hydrogen) atoms. The minimum absolute atomic E-state index is 0.0644. The molecule has 2 heterocycles. The Morgan fingerprint density at radius 3 is 2.80 bits per heavy atom. The largest absolute Gasteiger partial charge is 0.310 e.